The molecule has 0 aliphatic heterocycles. The lowest BCUT2D eigenvalue weighted by molar-refractivity contribution is -0.131. The van der Waals surface area contributed by atoms with Gasteiger partial charge in [0.05, 0.1) is 0 Å². The second kappa shape index (κ2) is 5.81. The molecule has 0 aromatic carbocycles. The predicted octanol–water partition coefficient (Wildman–Crippen LogP) is 2.70. The third-order valence-electron chi connectivity index (χ3n) is 1.67. The number of allylic oxidation sites excluding steroid dienone is 1. The first kappa shape index (κ1) is 11.2. The van der Waals surface area contributed by atoms with Crippen molar-refractivity contribution in [3.63, 3.8) is 0 Å². The lowest BCUT2D eigenvalue weighted by Gasteiger charge is -2.10. The largest absolute Gasteiger partial charge is 0.478 e. The molecule has 0 saturated carbocycles. The summed E-state index contributed by atoms with van der Waals surface area (Å²) in [6.07, 6.45) is 4.97. The molecule has 0 bridgehead atoms. The molecule has 0 rings (SSSR count). The zero-order valence-electron chi connectivity index (χ0n) is 8.08. The van der Waals surface area contributed by atoms with E-state index < -0.39 is 5.97 Å². The van der Waals surface area contributed by atoms with E-state index in [1.807, 2.05) is 0 Å². The van der Waals surface area contributed by atoms with Gasteiger partial charge in [-0.15, -0.1) is 0 Å². The Morgan fingerprint density at radius 2 is 2.00 bits per heavy atom. The van der Waals surface area contributed by atoms with Crippen molar-refractivity contribution in [2.24, 2.45) is 11.8 Å². The molecule has 2 nitrogen and oxygen atoms in total. The third kappa shape index (κ3) is 7.32. The summed E-state index contributed by atoms with van der Waals surface area (Å²) in [6, 6.07) is 0. The van der Waals surface area contributed by atoms with Gasteiger partial charge in [0.15, 0.2) is 0 Å². The summed E-state index contributed by atoms with van der Waals surface area (Å²) in [5.74, 6) is 0.422. The predicted molar refractivity (Wildman–Crippen MR) is 50.0 cm³/mol. The first-order valence-electron chi connectivity index (χ1n) is 4.41. The fraction of sp³-hybridized carbons (Fsp3) is 0.700. The highest BCUT2D eigenvalue weighted by molar-refractivity contribution is 5.79. The van der Waals surface area contributed by atoms with Crippen LogP contribution in [0.25, 0.3) is 0 Å². The molecule has 0 saturated heterocycles. The van der Waals surface area contributed by atoms with Crippen LogP contribution in [0, 0.1) is 11.8 Å². The molecule has 0 heterocycles. The number of hydrogen-bond donors (Lipinski definition) is 1. The van der Waals surface area contributed by atoms with E-state index in [1.54, 1.807) is 6.08 Å². The molecule has 2 heteroatoms. The Bertz CT molecular complexity index is 159. The maximum absolute atomic E-state index is 10.1. The van der Waals surface area contributed by atoms with Gasteiger partial charge in [-0.05, 0) is 24.7 Å². The highest BCUT2D eigenvalue weighted by Crippen LogP contribution is 2.14. The van der Waals surface area contributed by atoms with Gasteiger partial charge in [0.1, 0.15) is 0 Å². The Hall–Kier alpha value is -0.790. The molecule has 1 N–H and O–H groups in total. The maximum Gasteiger partial charge on any atom is 0.327 e. The van der Waals surface area contributed by atoms with Gasteiger partial charge in [-0.1, -0.05) is 26.8 Å². The highest BCUT2D eigenvalue weighted by Gasteiger charge is 2.02. The topological polar surface area (TPSA) is 37.3 Å². The van der Waals surface area contributed by atoms with Gasteiger partial charge in [0, 0.05) is 6.08 Å². The first-order valence-corrected chi connectivity index (χ1v) is 4.41. The van der Waals surface area contributed by atoms with Gasteiger partial charge in [-0.25, -0.2) is 4.79 Å². The minimum atomic E-state index is -0.855. The minimum Gasteiger partial charge on any atom is -0.478 e. The van der Waals surface area contributed by atoms with Crippen LogP contribution >= 0.6 is 0 Å². The monoisotopic (exact) mass is 170 g/mol. The number of rotatable bonds is 5. The van der Waals surface area contributed by atoms with Gasteiger partial charge in [0.25, 0.3) is 0 Å². The summed E-state index contributed by atoms with van der Waals surface area (Å²) in [7, 11) is 0. The molecule has 1 unspecified atom stereocenters. The summed E-state index contributed by atoms with van der Waals surface area (Å²) in [6.45, 7) is 6.50. The van der Waals surface area contributed by atoms with Crippen molar-refractivity contribution in [1.29, 1.82) is 0 Å². The molecule has 1 atom stereocenters. The van der Waals surface area contributed by atoms with Crippen molar-refractivity contribution in [3.05, 3.63) is 12.2 Å². The van der Waals surface area contributed by atoms with Crippen LogP contribution in [0.4, 0.5) is 0 Å². The fourth-order valence-corrected chi connectivity index (χ4v) is 1.30. The number of carboxylic acid groups (broad SMARTS) is 1. The lowest BCUT2D eigenvalue weighted by Crippen LogP contribution is -1.98. The van der Waals surface area contributed by atoms with Crippen LogP contribution in [0.3, 0.4) is 0 Å². The van der Waals surface area contributed by atoms with Crippen molar-refractivity contribution in [2.45, 2.75) is 33.6 Å². The fourth-order valence-electron chi connectivity index (χ4n) is 1.30. The third-order valence-corrected chi connectivity index (χ3v) is 1.67. The van der Waals surface area contributed by atoms with Crippen LogP contribution < -0.4 is 0 Å². The molecular weight excluding hydrogens is 152 g/mol. The van der Waals surface area contributed by atoms with E-state index in [-0.39, 0.29) is 0 Å². The molecule has 70 valence electrons. The van der Waals surface area contributed by atoms with E-state index in [2.05, 4.69) is 20.8 Å². The van der Waals surface area contributed by atoms with Gasteiger partial charge in [-0.3, -0.25) is 0 Å². The Kier molecular flexibility index (Phi) is 5.43. The van der Waals surface area contributed by atoms with E-state index in [4.69, 9.17) is 5.11 Å². The smallest absolute Gasteiger partial charge is 0.327 e. The maximum atomic E-state index is 10.1. The van der Waals surface area contributed by atoms with E-state index in [0.717, 1.165) is 12.8 Å². The van der Waals surface area contributed by atoms with Crippen LogP contribution in [0.1, 0.15) is 33.6 Å². The summed E-state index contributed by atoms with van der Waals surface area (Å²) in [4.78, 5) is 10.1. The van der Waals surface area contributed by atoms with Crippen molar-refractivity contribution in [3.8, 4) is 0 Å². The summed E-state index contributed by atoms with van der Waals surface area (Å²) in [5.41, 5.74) is 0. The number of aliphatic carboxylic acids is 1. The molecule has 0 radical (unpaired) electrons. The van der Waals surface area contributed by atoms with Crippen molar-refractivity contribution < 1.29 is 9.90 Å². The van der Waals surface area contributed by atoms with Gasteiger partial charge in [-0.2, -0.15) is 0 Å². The lowest BCUT2D eigenvalue weighted by atomic mass is 9.96. The molecule has 0 aliphatic carbocycles. The molecule has 0 aliphatic rings. The Morgan fingerprint density at radius 3 is 2.42 bits per heavy atom. The van der Waals surface area contributed by atoms with Gasteiger partial charge < -0.3 is 5.11 Å². The summed E-state index contributed by atoms with van der Waals surface area (Å²) >= 11 is 0. The molecule has 12 heavy (non-hydrogen) atoms. The van der Waals surface area contributed by atoms with E-state index in [9.17, 15) is 4.79 Å². The second-order valence-electron chi connectivity index (χ2n) is 3.71. The van der Waals surface area contributed by atoms with Gasteiger partial charge in [0.2, 0.25) is 0 Å². The first-order chi connectivity index (χ1) is 5.52. The minimum absolute atomic E-state index is 0.584. The Balaban J connectivity index is 3.56. The average Bonchev–Trinajstić information content (AvgIpc) is 1.84. The van der Waals surface area contributed by atoms with Crippen LogP contribution in [-0.4, -0.2) is 11.1 Å². The van der Waals surface area contributed by atoms with Crippen molar-refractivity contribution in [2.75, 3.05) is 0 Å². The van der Waals surface area contributed by atoms with Crippen LogP contribution in [0.15, 0.2) is 12.2 Å². The normalized spacial score (nSPS) is 14.0. The van der Waals surface area contributed by atoms with E-state index in [1.165, 1.54) is 6.08 Å². The number of hydrogen-bond acceptors (Lipinski definition) is 1. The molecule has 0 aromatic rings. The molecular formula is C10H18O2. The van der Waals surface area contributed by atoms with Crippen LogP contribution in [0.2, 0.25) is 0 Å². The molecule has 0 fully saturated rings. The summed E-state index contributed by atoms with van der Waals surface area (Å²) < 4.78 is 0. The molecule has 0 amide bonds. The quantitative estimate of drug-likeness (QED) is 0.644. The number of carboxylic acids is 1. The zero-order chi connectivity index (χ0) is 9.56. The van der Waals surface area contributed by atoms with Crippen LogP contribution in [-0.2, 0) is 4.79 Å². The Labute approximate surface area is 74.3 Å². The standard InChI is InChI=1S/C10H18O2/c1-8(2)7-9(3)5-4-6-10(11)12/h4,6,8-9H,5,7H2,1-3H3,(H,11,12)/b6-4+. The SMILES string of the molecule is CC(C)CC(C)C/C=C/C(=O)O. The van der Waals surface area contributed by atoms with Crippen molar-refractivity contribution in [1.82, 2.24) is 0 Å². The Morgan fingerprint density at radius 1 is 1.42 bits per heavy atom. The highest BCUT2D eigenvalue weighted by atomic mass is 16.4. The number of carbonyl (C=O) groups is 1. The molecule has 0 aromatic heterocycles. The van der Waals surface area contributed by atoms with E-state index >= 15 is 0 Å². The zero-order valence-corrected chi connectivity index (χ0v) is 8.08. The van der Waals surface area contributed by atoms with E-state index in [0.29, 0.717) is 11.8 Å². The summed E-state index contributed by atoms with van der Waals surface area (Å²) in [5, 5.41) is 8.32. The van der Waals surface area contributed by atoms with Crippen LogP contribution in [0.5, 0.6) is 0 Å². The molecule has 0 spiro atoms. The van der Waals surface area contributed by atoms with Gasteiger partial charge >= 0.3 is 5.97 Å². The second-order valence-corrected chi connectivity index (χ2v) is 3.71. The average molecular weight is 170 g/mol. The van der Waals surface area contributed by atoms with Crippen molar-refractivity contribution >= 4 is 5.97 Å².